The predicted octanol–water partition coefficient (Wildman–Crippen LogP) is 0.226. The molecule has 2 heterocycles. The quantitative estimate of drug-likeness (QED) is 0.714. The minimum absolute atomic E-state index is 0.143. The summed E-state index contributed by atoms with van der Waals surface area (Å²) in [6.45, 7) is 0.426. The maximum absolute atomic E-state index is 11.2. The number of hydrogen-bond acceptors (Lipinski definition) is 7. The molecule has 17 heavy (non-hydrogen) atoms. The Bertz CT molecular complexity index is 526. The number of aromatic nitrogens is 3. The van der Waals surface area contributed by atoms with E-state index in [4.69, 9.17) is 11.5 Å². The lowest BCUT2D eigenvalue weighted by atomic mass is 10.3. The lowest BCUT2D eigenvalue weighted by molar-refractivity contribution is 0.100. The number of primary amides is 1. The molecule has 2 aromatic heterocycles. The van der Waals surface area contributed by atoms with Crippen LogP contribution in [0.3, 0.4) is 0 Å². The van der Waals surface area contributed by atoms with Gasteiger partial charge in [0.1, 0.15) is 10.6 Å². The first-order chi connectivity index (χ1) is 8.18. The standard InChI is InChI=1S/C9H10N6OS/c10-7-6(8(11)16)9(17-15-7)12-4-5-2-1-3-13-14-5/h1-3,12H,4H2,(H2,10,15)(H2,11,16). The first-order valence-corrected chi connectivity index (χ1v) is 5.51. The Hall–Kier alpha value is -2.22. The number of nitrogen functional groups attached to an aromatic ring is 1. The summed E-state index contributed by atoms with van der Waals surface area (Å²) in [4.78, 5) is 11.2. The van der Waals surface area contributed by atoms with Gasteiger partial charge in [0.25, 0.3) is 5.91 Å². The van der Waals surface area contributed by atoms with E-state index in [1.165, 1.54) is 0 Å². The molecule has 1 amide bonds. The van der Waals surface area contributed by atoms with Gasteiger partial charge in [-0.05, 0) is 23.7 Å². The maximum atomic E-state index is 11.2. The SMILES string of the molecule is NC(=O)c1c(N)nsc1NCc1cccnn1. The molecule has 0 unspecified atom stereocenters. The van der Waals surface area contributed by atoms with Crippen LogP contribution in [0.25, 0.3) is 0 Å². The fourth-order valence-electron chi connectivity index (χ4n) is 1.26. The van der Waals surface area contributed by atoms with Gasteiger partial charge in [-0.3, -0.25) is 4.79 Å². The van der Waals surface area contributed by atoms with Crippen LogP contribution in [-0.2, 0) is 6.54 Å². The molecule has 0 atom stereocenters. The van der Waals surface area contributed by atoms with Crippen LogP contribution in [0, 0.1) is 0 Å². The van der Waals surface area contributed by atoms with E-state index in [2.05, 4.69) is 19.9 Å². The molecule has 0 aromatic carbocycles. The topological polar surface area (TPSA) is 120 Å². The second kappa shape index (κ2) is 4.74. The van der Waals surface area contributed by atoms with E-state index < -0.39 is 5.91 Å². The van der Waals surface area contributed by atoms with Crippen molar-refractivity contribution in [2.24, 2.45) is 5.73 Å². The van der Waals surface area contributed by atoms with E-state index >= 15 is 0 Å². The van der Waals surface area contributed by atoms with E-state index in [1.807, 2.05) is 6.07 Å². The number of amides is 1. The van der Waals surface area contributed by atoms with Gasteiger partial charge in [-0.15, -0.1) is 0 Å². The molecule has 8 heteroatoms. The van der Waals surface area contributed by atoms with Crippen molar-refractivity contribution in [3.05, 3.63) is 29.6 Å². The smallest absolute Gasteiger partial charge is 0.255 e. The third kappa shape index (κ3) is 2.48. The van der Waals surface area contributed by atoms with Gasteiger partial charge in [0.2, 0.25) is 0 Å². The first-order valence-electron chi connectivity index (χ1n) is 4.74. The molecule has 0 saturated carbocycles. The number of anilines is 2. The number of nitrogens with zero attached hydrogens (tertiary/aromatic N) is 3. The largest absolute Gasteiger partial charge is 0.382 e. The summed E-state index contributed by atoms with van der Waals surface area (Å²) in [5, 5.41) is 11.2. The highest BCUT2D eigenvalue weighted by Gasteiger charge is 2.16. The summed E-state index contributed by atoms with van der Waals surface area (Å²) < 4.78 is 3.87. The molecule has 0 spiro atoms. The van der Waals surface area contributed by atoms with Crippen molar-refractivity contribution in [1.82, 2.24) is 14.6 Å². The molecule has 88 valence electrons. The van der Waals surface area contributed by atoms with Crippen LogP contribution in [0.5, 0.6) is 0 Å². The molecular formula is C9H10N6OS. The number of nitrogens with two attached hydrogens (primary N) is 2. The zero-order valence-corrected chi connectivity index (χ0v) is 9.57. The van der Waals surface area contributed by atoms with Gasteiger partial charge in [-0.1, -0.05) is 0 Å². The van der Waals surface area contributed by atoms with E-state index in [0.717, 1.165) is 17.2 Å². The minimum Gasteiger partial charge on any atom is -0.382 e. The van der Waals surface area contributed by atoms with Gasteiger partial charge >= 0.3 is 0 Å². The molecule has 0 fully saturated rings. The third-order valence-corrected chi connectivity index (χ3v) is 2.84. The highest BCUT2D eigenvalue weighted by molar-refractivity contribution is 7.11. The van der Waals surface area contributed by atoms with Crippen LogP contribution in [0.4, 0.5) is 10.8 Å². The normalized spacial score (nSPS) is 10.1. The Morgan fingerprint density at radius 2 is 2.35 bits per heavy atom. The molecule has 5 N–H and O–H groups in total. The van der Waals surface area contributed by atoms with Crippen molar-refractivity contribution < 1.29 is 4.79 Å². The average molecular weight is 250 g/mol. The van der Waals surface area contributed by atoms with Gasteiger partial charge in [0.15, 0.2) is 5.82 Å². The summed E-state index contributed by atoms with van der Waals surface area (Å²) >= 11 is 1.09. The third-order valence-electron chi connectivity index (χ3n) is 2.02. The highest BCUT2D eigenvalue weighted by atomic mass is 32.1. The van der Waals surface area contributed by atoms with Crippen molar-refractivity contribution in [3.8, 4) is 0 Å². The van der Waals surface area contributed by atoms with Gasteiger partial charge in [-0.25, -0.2) is 0 Å². The van der Waals surface area contributed by atoms with Crippen LogP contribution < -0.4 is 16.8 Å². The monoisotopic (exact) mass is 250 g/mol. The second-order valence-corrected chi connectivity index (χ2v) is 3.98. The van der Waals surface area contributed by atoms with Gasteiger partial charge in [-0.2, -0.15) is 14.6 Å². The predicted molar refractivity (Wildman–Crippen MR) is 64.4 cm³/mol. The van der Waals surface area contributed by atoms with Crippen LogP contribution >= 0.6 is 11.5 Å². The van der Waals surface area contributed by atoms with Crippen molar-refractivity contribution in [1.29, 1.82) is 0 Å². The van der Waals surface area contributed by atoms with Gasteiger partial charge < -0.3 is 16.8 Å². The fourth-order valence-corrected chi connectivity index (χ4v) is 1.97. The lowest BCUT2D eigenvalue weighted by Gasteiger charge is -2.03. The summed E-state index contributed by atoms with van der Waals surface area (Å²) in [5.41, 5.74) is 11.7. The number of carbonyl (C=O) groups is 1. The molecule has 0 bridgehead atoms. The molecule has 0 saturated heterocycles. The molecule has 0 aliphatic rings. The highest BCUT2D eigenvalue weighted by Crippen LogP contribution is 2.26. The van der Waals surface area contributed by atoms with Crippen LogP contribution in [-0.4, -0.2) is 20.5 Å². The zero-order chi connectivity index (χ0) is 12.3. The Morgan fingerprint density at radius 3 is 3.00 bits per heavy atom. The molecule has 0 aliphatic heterocycles. The number of hydrogen-bond donors (Lipinski definition) is 3. The van der Waals surface area contributed by atoms with E-state index in [1.54, 1.807) is 12.3 Å². The Morgan fingerprint density at radius 1 is 1.53 bits per heavy atom. The van der Waals surface area contributed by atoms with E-state index in [9.17, 15) is 4.79 Å². The van der Waals surface area contributed by atoms with Gasteiger partial charge in [0.05, 0.1) is 12.2 Å². The second-order valence-electron chi connectivity index (χ2n) is 3.20. The van der Waals surface area contributed by atoms with Crippen molar-refractivity contribution >= 4 is 28.3 Å². The van der Waals surface area contributed by atoms with Crippen molar-refractivity contribution in [2.45, 2.75) is 6.54 Å². The zero-order valence-electron chi connectivity index (χ0n) is 8.75. The minimum atomic E-state index is -0.599. The summed E-state index contributed by atoms with van der Waals surface area (Å²) in [7, 11) is 0. The number of carbonyl (C=O) groups excluding carboxylic acids is 1. The van der Waals surface area contributed by atoms with Gasteiger partial charge in [0, 0.05) is 6.20 Å². The fraction of sp³-hybridized carbons (Fsp3) is 0.111. The molecular weight excluding hydrogens is 240 g/mol. The molecule has 0 aliphatic carbocycles. The summed E-state index contributed by atoms with van der Waals surface area (Å²) in [5.74, 6) is -0.456. The van der Waals surface area contributed by atoms with E-state index in [0.29, 0.717) is 11.5 Å². The van der Waals surface area contributed by atoms with Crippen LogP contribution in [0.15, 0.2) is 18.3 Å². The Kier molecular flexibility index (Phi) is 3.15. The Labute approximate surface area is 101 Å². The van der Waals surface area contributed by atoms with Crippen LogP contribution in [0.2, 0.25) is 0 Å². The van der Waals surface area contributed by atoms with Crippen molar-refractivity contribution in [3.63, 3.8) is 0 Å². The molecule has 2 rings (SSSR count). The van der Waals surface area contributed by atoms with E-state index in [-0.39, 0.29) is 11.4 Å². The summed E-state index contributed by atoms with van der Waals surface area (Å²) in [6, 6.07) is 3.59. The molecule has 7 nitrogen and oxygen atoms in total. The molecule has 2 aromatic rings. The first kappa shape index (κ1) is 11.3. The average Bonchev–Trinajstić information content (AvgIpc) is 2.69. The summed E-state index contributed by atoms with van der Waals surface area (Å²) in [6.07, 6.45) is 1.59. The van der Waals surface area contributed by atoms with Crippen molar-refractivity contribution in [2.75, 3.05) is 11.1 Å². The Balaban J connectivity index is 2.12. The lowest BCUT2D eigenvalue weighted by Crippen LogP contribution is -2.14. The number of nitrogens with one attached hydrogen (secondary N) is 1. The molecule has 0 radical (unpaired) electrons. The maximum Gasteiger partial charge on any atom is 0.255 e. The number of rotatable bonds is 4. The van der Waals surface area contributed by atoms with Crippen LogP contribution in [0.1, 0.15) is 16.1 Å².